The van der Waals surface area contributed by atoms with E-state index < -0.39 is 17.3 Å². The zero-order valence-electron chi connectivity index (χ0n) is 8.40. The highest BCUT2D eigenvalue weighted by Crippen LogP contribution is 2.12. The van der Waals surface area contributed by atoms with Crippen LogP contribution in [0, 0.1) is 11.6 Å². The van der Waals surface area contributed by atoms with E-state index in [2.05, 4.69) is 0 Å². The summed E-state index contributed by atoms with van der Waals surface area (Å²) in [7, 11) is 0. The monoisotopic (exact) mass is 223 g/mol. The Labute approximate surface area is 92.0 Å². The van der Waals surface area contributed by atoms with Crippen LogP contribution in [0.2, 0.25) is 0 Å². The Bertz CT molecular complexity index is 426. The maximum atomic E-state index is 12.2. The van der Waals surface area contributed by atoms with Crippen molar-refractivity contribution in [2.75, 3.05) is 5.73 Å². The van der Waals surface area contributed by atoms with E-state index >= 15 is 0 Å². The largest absolute Gasteiger partial charge is 0.508 e. The molecule has 0 radical (unpaired) electrons. The lowest BCUT2D eigenvalue weighted by Crippen LogP contribution is -1.93. The van der Waals surface area contributed by atoms with Gasteiger partial charge in [0.1, 0.15) is 23.1 Å². The fourth-order valence-electron chi connectivity index (χ4n) is 0.939. The van der Waals surface area contributed by atoms with Crippen LogP contribution in [0.15, 0.2) is 48.5 Å². The summed E-state index contributed by atoms with van der Waals surface area (Å²) in [6, 6.07) is 12.2. The fraction of sp³-hybridized carbons (Fsp3) is 0. The molecule has 0 saturated carbocycles. The minimum atomic E-state index is -0.713. The van der Waals surface area contributed by atoms with Crippen molar-refractivity contribution in [3.05, 3.63) is 60.2 Å². The van der Waals surface area contributed by atoms with E-state index in [9.17, 15) is 8.78 Å². The molecule has 0 fully saturated rings. The molecule has 2 aromatic rings. The van der Waals surface area contributed by atoms with Gasteiger partial charge >= 0.3 is 0 Å². The molecular weight excluding hydrogens is 212 g/mol. The van der Waals surface area contributed by atoms with Crippen molar-refractivity contribution in [3.63, 3.8) is 0 Å². The average Bonchev–Trinajstić information content (AvgIpc) is 2.28. The standard InChI is InChI=1S/C6H5F2N.C6H6O/c7-4-2-1-3-5(8)6(4)9;7-6-4-2-1-3-5-6/h1-3H,9H2;1-5,7H. The Hall–Kier alpha value is -2.10. The van der Waals surface area contributed by atoms with E-state index in [0.717, 1.165) is 12.1 Å². The Balaban J connectivity index is 0.000000165. The Morgan fingerprint density at radius 2 is 1.31 bits per heavy atom. The van der Waals surface area contributed by atoms with Crippen LogP contribution in [-0.4, -0.2) is 5.11 Å². The number of para-hydroxylation sites is 2. The molecule has 0 heterocycles. The number of hydrogen-bond donors (Lipinski definition) is 2. The number of benzene rings is 2. The van der Waals surface area contributed by atoms with Crippen molar-refractivity contribution >= 4 is 5.69 Å². The van der Waals surface area contributed by atoms with Gasteiger partial charge in [0.05, 0.1) is 0 Å². The molecule has 2 nitrogen and oxygen atoms in total. The summed E-state index contributed by atoms with van der Waals surface area (Å²) in [5.74, 6) is -1.10. The summed E-state index contributed by atoms with van der Waals surface area (Å²) in [5.41, 5.74) is 4.51. The second kappa shape index (κ2) is 5.70. The van der Waals surface area contributed by atoms with Gasteiger partial charge in [-0.2, -0.15) is 0 Å². The first-order chi connectivity index (χ1) is 7.61. The van der Waals surface area contributed by atoms with Crippen LogP contribution in [0.4, 0.5) is 14.5 Å². The van der Waals surface area contributed by atoms with Crippen LogP contribution >= 0.6 is 0 Å². The van der Waals surface area contributed by atoms with Crippen molar-refractivity contribution in [3.8, 4) is 5.75 Å². The van der Waals surface area contributed by atoms with Gasteiger partial charge in [0.25, 0.3) is 0 Å². The van der Waals surface area contributed by atoms with E-state index in [1.54, 1.807) is 24.3 Å². The van der Waals surface area contributed by atoms with E-state index in [1.807, 2.05) is 6.07 Å². The molecule has 0 aliphatic heterocycles. The van der Waals surface area contributed by atoms with E-state index in [1.165, 1.54) is 6.07 Å². The fourth-order valence-corrected chi connectivity index (χ4v) is 0.939. The molecule has 2 rings (SSSR count). The van der Waals surface area contributed by atoms with Gasteiger partial charge in [-0.3, -0.25) is 0 Å². The number of rotatable bonds is 0. The lowest BCUT2D eigenvalue weighted by Gasteiger charge is -1.94. The second-order valence-corrected chi connectivity index (χ2v) is 2.97. The number of hydrogen-bond acceptors (Lipinski definition) is 2. The molecule has 3 N–H and O–H groups in total. The number of phenolic OH excluding ortho intramolecular Hbond substituents is 1. The highest BCUT2D eigenvalue weighted by Gasteiger charge is 2.00. The van der Waals surface area contributed by atoms with Gasteiger partial charge in [-0.25, -0.2) is 8.78 Å². The Morgan fingerprint density at radius 3 is 1.62 bits per heavy atom. The lowest BCUT2D eigenvalue weighted by atomic mass is 10.3. The zero-order valence-corrected chi connectivity index (χ0v) is 8.40. The van der Waals surface area contributed by atoms with Gasteiger partial charge in [-0.05, 0) is 24.3 Å². The molecule has 0 aliphatic rings. The summed E-state index contributed by atoms with van der Waals surface area (Å²) in [6.45, 7) is 0. The molecule has 0 aromatic heterocycles. The van der Waals surface area contributed by atoms with E-state index in [-0.39, 0.29) is 0 Å². The first-order valence-electron chi connectivity index (χ1n) is 4.54. The van der Waals surface area contributed by atoms with Crippen molar-refractivity contribution in [2.24, 2.45) is 0 Å². The van der Waals surface area contributed by atoms with Gasteiger partial charge in [0.2, 0.25) is 0 Å². The maximum Gasteiger partial charge on any atom is 0.149 e. The molecule has 0 atom stereocenters. The zero-order chi connectivity index (χ0) is 12.0. The summed E-state index contributed by atoms with van der Waals surface area (Å²) in [5, 5.41) is 8.63. The van der Waals surface area contributed by atoms with Crippen LogP contribution in [0.3, 0.4) is 0 Å². The van der Waals surface area contributed by atoms with Crippen molar-refractivity contribution in [1.82, 2.24) is 0 Å². The van der Waals surface area contributed by atoms with Crippen LogP contribution in [-0.2, 0) is 0 Å². The van der Waals surface area contributed by atoms with Gasteiger partial charge in [0, 0.05) is 0 Å². The third-order valence-corrected chi connectivity index (χ3v) is 1.76. The predicted octanol–water partition coefficient (Wildman–Crippen LogP) is 2.94. The lowest BCUT2D eigenvalue weighted by molar-refractivity contribution is 0.475. The molecule has 84 valence electrons. The minimum Gasteiger partial charge on any atom is -0.508 e. The maximum absolute atomic E-state index is 12.2. The molecule has 0 unspecified atom stereocenters. The molecule has 16 heavy (non-hydrogen) atoms. The molecule has 0 aliphatic carbocycles. The van der Waals surface area contributed by atoms with Gasteiger partial charge < -0.3 is 10.8 Å². The van der Waals surface area contributed by atoms with Gasteiger partial charge in [0.15, 0.2) is 0 Å². The number of nitrogen functional groups attached to an aromatic ring is 1. The molecule has 4 heteroatoms. The number of aromatic hydroxyl groups is 1. The summed E-state index contributed by atoms with van der Waals surface area (Å²) in [6.07, 6.45) is 0. The van der Waals surface area contributed by atoms with Crippen molar-refractivity contribution in [2.45, 2.75) is 0 Å². The van der Waals surface area contributed by atoms with Crippen molar-refractivity contribution < 1.29 is 13.9 Å². The Morgan fingerprint density at radius 1 is 0.812 bits per heavy atom. The molecule has 0 bridgehead atoms. The molecule has 0 saturated heterocycles. The minimum absolute atomic E-state index is 0.322. The SMILES string of the molecule is Nc1c(F)cccc1F.Oc1ccccc1. The van der Waals surface area contributed by atoms with Crippen LogP contribution in [0.25, 0.3) is 0 Å². The van der Waals surface area contributed by atoms with Crippen LogP contribution < -0.4 is 5.73 Å². The van der Waals surface area contributed by atoms with Crippen molar-refractivity contribution in [1.29, 1.82) is 0 Å². The van der Waals surface area contributed by atoms with E-state index in [4.69, 9.17) is 10.8 Å². The molecular formula is C12H11F2NO. The molecule has 0 amide bonds. The van der Waals surface area contributed by atoms with Gasteiger partial charge in [-0.15, -0.1) is 0 Å². The third kappa shape index (κ3) is 3.57. The smallest absolute Gasteiger partial charge is 0.149 e. The first-order valence-corrected chi connectivity index (χ1v) is 4.54. The molecule has 2 aromatic carbocycles. The summed E-state index contributed by atoms with van der Waals surface area (Å²) in [4.78, 5) is 0. The highest BCUT2D eigenvalue weighted by molar-refractivity contribution is 5.40. The number of anilines is 1. The quantitative estimate of drug-likeness (QED) is 0.674. The summed E-state index contributed by atoms with van der Waals surface area (Å²) < 4.78 is 24.4. The Kier molecular flexibility index (Phi) is 4.27. The predicted molar refractivity (Wildman–Crippen MR) is 58.9 cm³/mol. The number of phenols is 1. The van der Waals surface area contributed by atoms with Crippen LogP contribution in [0.1, 0.15) is 0 Å². The van der Waals surface area contributed by atoms with E-state index in [0.29, 0.717) is 5.75 Å². The normalized spacial score (nSPS) is 9.12. The third-order valence-electron chi connectivity index (χ3n) is 1.76. The first kappa shape index (κ1) is 12.0. The summed E-state index contributed by atoms with van der Waals surface area (Å²) >= 11 is 0. The second-order valence-electron chi connectivity index (χ2n) is 2.97. The van der Waals surface area contributed by atoms with Gasteiger partial charge in [-0.1, -0.05) is 24.3 Å². The number of nitrogens with two attached hydrogens (primary N) is 1. The highest BCUT2D eigenvalue weighted by atomic mass is 19.1. The topological polar surface area (TPSA) is 46.2 Å². The average molecular weight is 223 g/mol. The van der Waals surface area contributed by atoms with Crippen LogP contribution in [0.5, 0.6) is 5.75 Å². The molecule has 0 spiro atoms. The number of halogens is 2.